The van der Waals surface area contributed by atoms with E-state index in [0.29, 0.717) is 6.04 Å². The minimum absolute atomic E-state index is 0.0377. The van der Waals surface area contributed by atoms with E-state index in [0.717, 1.165) is 30.6 Å². The van der Waals surface area contributed by atoms with Gasteiger partial charge in [0.25, 0.3) is 5.69 Å². The van der Waals surface area contributed by atoms with Crippen molar-refractivity contribution < 1.29 is 4.92 Å². The molecule has 2 atom stereocenters. The van der Waals surface area contributed by atoms with Crippen LogP contribution in [-0.4, -0.2) is 23.6 Å². The number of aryl methyl sites for hydroxylation is 1. The Labute approximate surface area is 117 Å². The molecule has 5 nitrogen and oxygen atoms in total. The molecular formula is C13H18ClN3O2. The van der Waals surface area contributed by atoms with Gasteiger partial charge in [-0.15, -0.1) is 0 Å². The van der Waals surface area contributed by atoms with Crippen LogP contribution in [0, 0.1) is 17.0 Å². The second-order valence-electron chi connectivity index (χ2n) is 5.17. The maximum absolute atomic E-state index is 10.9. The van der Waals surface area contributed by atoms with Gasteiger partial charge in [0.1, 0.15) is 5.02 Å². The highest BCUT2D eigenvalue weighted by Crippen LogP contribution is 2.35. The molecule has 6 heteroatoms. The van der Waals surface area contributed by atoms with E-state index in [1.54, 1.807) is 12.1 Å². The highest BCUT2D eigenvalue weighted by Gasteiger charge is 2.26. The van der Waals surface area contributed by atoms with E-state index in [4.69, 9.17) is 17.3 Å². The van der Waals surface area contributed by atoms with Crippen LogP contribution in [0.5, 0.6) is 0 Å². The van der Waals surface area contributed by atoms with Gasteiger partial charge in [0, 0.05) is 30.4 Å². The molecular weight excluding hydrogens is 266 g/mol. The summed E-state index contributed by atoms with van der Waals surface area (Å²) in [5.41, 5.74) is 7.76. The maximum atomic E-state index is 10.9. The number of hydrogen-bond donors (Lipinski definition) is 1. The summed E-state index contributed by atoms with van der Waals surface area (Å²) in [4.78, 5) is 12.6. The van der Waals surface area contributed by atoms with Crippen molar-refractivity contribution in [3.63, 3.8) is 0 Å². The highest BCUT2D eigenvalue weighted by atomic mass is 35.5. The Morgan fingerprint density at radius 2 is 2.21 bits per heavy atom. The van der Waals surface area contributed by atoms with Crippen molar-refractivity contribution in [2.45, 2.75) is 38.8 Å². The van der Waals surface area contributed by atoms with Crippen molar-refractivity contribution in [2.75, 3.05) is 11.4 Å². The number of rotatable bonds is 2. The first-order valence-electron chi connectivity index (χ1n) is 6.37. The minimum Gasteiger partial charge on any atom is -0.368 e. The molecule has 0 spiro atoms. The van der Waals surface area contributed by atoms with E-state index in [1.807, 2.05) is 6.92 Å². The number of nitro groups is 1. The fourth-order valence-corrected chi connectivity index (χ4v) is 2.90. The monoisotopic (exact) mass is 283 g/mol. The second-order valence-corrected chi connectivity index (χ2v) is 5.58. The third-order valence-electron chi connectivity index (χ3n) is 3.69. The van der Waals surface area contributed by atoms with Crippen LogP contribution in [-0.2, 0) is 0 Å². The van der Waals surface area contributed by atoms with Gasteiger partial charge in [-0.2, -0.15) is 0 Å². The first-order valence-corrected chi connectivity index (χ1v) is 6.74. The number of halogens is 1. The van der Waals surface area contributed by atoms with Crippen LogP contribution >= 0.6 is 11.6 Å². The zero-order chi connectivity index (χ0) is 14.2. The molecule has 1 aliphatic rings. The average Bonchev–Trinajstić information content (AvgIpc) is 2.32. The fraction of sp³-hybridized carbons (Fsp3) is 0.538. The van der Waals surface area contributed by atoms with Crippen molar-refractivity contribution >= 4 is 23.0 Å². The lowest BCUT2D eigenvalue weighted by molar-refractivity contribution is -0.384. The van der Waals surface area contributed by atoms with Gasteiger partial charge in [-0.25, -0.2) is 0 Å². The van der Waals surface area contributed by atoms with E-state index >= 15 is 0 Å². The average molecular weight is 284 g/mol. The topological polar surface area (TPSA) is 72.4 Å². The molecule has 19 heavy (non-hydrogen) atoms. The Morgan fingerprint density at radius 1 is 1.53 bits per heavy atom. The van der Waals surface area contributed by atoms with E-state index in [2.05, 4.69) is 11.8 Å². The zero-order valence-corrected chi connectivity index (χ0v) is 11.9. The quantitative estimate of drug-likeness (QED) is 0.669. The van der Waals surface area contributed by atoms with Crippen LogP contribution < -0.4 is 10.6 Å². The summed E-state index contributed by atoms with van der Waals surface area (Å²) in [5.74, 6) is 0. The SMILES string of the molecule is Cc1cc([N+](=O)[O-])c(Cl)cc1N1CCC(N)CC1C. The van der Waals surface area contributed by atoms with Gasteiger partial charge < -0.3 is 10.6 Å². The first kappa shape index (κ1) is 14.1. The molecule has 1 aromatic rings. The number of anilines is 1. The van der Waals surface area contributed by atoms with E-state index in [-0.39, 0.29) is 16.8 Å². The number of hydrogen-bond acceptors (Lipinski definition) is 4. The summed E-state index contributed by atoms with van der Waals surface area (Å²) in [5, 5.41) is 11.0. The van der Waals surface area contributed by atoms with Gasteiger partial charge in [-0.3, -0.25) is 10.1 Å². The van der Waals surface area contributed by atoms with Crippen molar-refractivity contribution in [2.24, 2.45) is 5.73 Å². The molecule has 1 aliphatic heterocycles. The van der Waals surface area contributed by atoms with Crippen LogP contribution in [0.1, 0.15) is 25.3 Å². The van der Waals surface area contributed by atoms with Gasteiger partial charge in [0.15, 0.2) is 0 Å². The number of nitro benzene ring substituents is 1. The third kappa shape index (κ3) is 2.82. The van der Waals surface area contributed by atoms with Gasteiger partial charge in [-0.1, -0.05) is 11.6 Å². The fourth-order valence-electron chi connectivity index (χ4n) is 2.67. The van der Waals surface area contributed by atoms with Gasteiger partial charge in [0.2, 0.25) is 0 Å². The summed E-state index contributed by atoms with van der Waals surface area (Å²) < 4.78 is 0. The molecule has 2 unspecified atom stereocenters. The standard InChI is InChI=1S/C13H18ClN3O2/c1-8-5-13(17(18)19)11(14)7-12(8)16-4-3-10(15)6-9(16)2/h5,7,9-10H,3-4,6,15H2,1-2H3. The summed E-state index contributed by atoms with van der Waals surface area (Å²) in [6.07, 6.45) is 1.85. The van der Waals surface area contributed by atoms with E-state index in [9.17, 15) is 10.1 Å². The molecule has 0 saturated carbocycles. The highest BCUT2D eigenvalue weighted by molar-refractivity contribution is 6.33. The van der Waals surface area contributed by atoms with Crippen LogP contribution in [0.15, 0.2) is 12.1 Å². The lowest BCUT2D eigenvalue weighted by atomic mass is 9.97. The second kappa shape index (κ2) is 5.35. The minimum atomic E-state index is -0.450. The molecule has 0 amide bonds. The van der Waals surface area contributed by atoms with Gasteiger partial charge in [-0.05, 0) is 38.3 Å². The normalized spacial score (nSPS) is 23.5. The lowest BCUT2D eigenvalue weighted by Gasteiger charge is -2.39. The maximum Gasteiger partial charge on any atom is 0.288 e. The lowest BCUT2D eigenvalue weighted by Crippen LogP contribution is -2.45. The van der Waals surface area contributed by atoms with E-state index in [1.165, 1.54) is 0 Å². The number of nitrogens with zero attached hydrogens (tertiary/aromatic N) is 2. The zero-order valence-electron chi connectivity index (χ0n) is 11.1. The Morgan fingerprint density at radius 3 is 2.79 bits per heavy atom. The largest absolute Gasteiger partial charge is 0.368 e. The summed E-state index contributed by atoms with van der Waals surface area (Å²) in [7, 11) is 0. The van der Waals surface area contributed by atoms with Crippen LogP contribution in [0.2, 0.25) is 5.02 Å². The van der Waals surface area contributed by atoms with Gasteiger partial charge >= 0.3 is 0 Å². The molecule has 0 bridgehead atoms. The number of piperidine rings is 1. The summed E-state index contributed by atoms with van der Waals surface area (Å²) in [6.45, 7) is 4.85. The molecule has 2 N–H and O–H groups in total. The summed E-state index contributed by atoms with van der Waals surface area (Å²) >= 11 is 6.00. The van der Waals surface area contributed by atoms with Crippen molar-refractivity contribution in [3.8, 4) is 0 Å². The van der Waals surface area contributed by atoms with Crippen LogP contribution in [0.25, 0.3) is 0 Å². The predicted octanol–water partition coefficient (Wildman–Crippen LogP) is 2.87. The molecule has 1 aromatic carbocycles. The molecule has 2 rings (SSSR count). The third-order valence-corrected chi connectivity index (χ3v) is 3.99. The van der Waals surface area contributed by atoms with Gasteiger partial charge in [0.05, 0.1) is 4.92 Å². The first-order chi connectivity index (χ1) is 8.90. The number of nitrogens with two attached hydrogens (primary N) is 1. The van der Waals surface area contributed by atoms with Crippen LogP contribution in [0.3, 0.4) is 0 Å². The Balaban J connectivity index is 2.35. The van der Waals surface area contributed by atoms with E-state index < -0.39 is 4.92 Å². The summed E-state index contributed by atoms with van der Waals surface area (Å²) in [6, 6.07) is 3.79. The smallest absolute Gasteiger partial charge is 0.288 e. The molecule has 0 aromatic heterocycles. The molecule has 1 fully saturated rings. The number of benzene rings is 1. The van der Waals surface area contributed by atoms with Crippen molar-refractivity contribution in [3.05, 3.63) is 32.8 Å². The Kier molecular flexibility index (Phi) is 3.96. The van der Waals surface area contributed by atoms with Crippen LogP contribution in [0.4, 0.5) is 11.4 Å². The Hall–Kier alpha value is -1.33. The van der Waals surface area contributed by atoms with Crippen molar-refractivity contribution in [1.29, 1.82) is 0 Å². The Bertz CT molecular complexity index is 507. The molecule has 1 heterocycles. The molecule has 104 valence electrons. The molecule has 0 aliphatic carbocycles. The van der Waals surface area contributed by atoms with Crippen molar-refractivity contribution in [1.82, 2.24) is 0 Å². The predicted molar refractivity (Wildman–Crippen MR) is 76.9 cm³/mol. The molecule has 1 saturated heterocycles. The molecule has 0 radical (unpaired) electrons.